The van der Waals surface area contributed by atoms with Crippen molar-refractivity contribution in [3.63, 3.8) is 0 Å². The van der Waals surface area contributed by atoms with Crippen molar-refractivity contribution >= 4 is 0 Å². The molecule has 27 heavy (non-hydrogen) atoms. The number of ether oxygens (including phenoxy) is 2. The summed E-state index contributed by atoms with van der Waals surface area (Å²) in [6.45, 7) is 7.07. The highest BCUT2D eigenvalue weighted by atomic mass is 16.5. The normalized spacial score (nSPS) is 20.0. The fraction of sp³-hybridized carbons (Fsp3) is 0.714. The van der Waals surface area contributed by atoms with Gasteiger partial charge in [0.2, 0.25) is 0 Å². The van der Waals surface area contributed by atoms with Crippen LogP contribution < -0.4 is 9.47 Å². The molecule has 1 aromatic rings. The maximum Gasteiger partial charge on any atom is 0.127 e. The van der Waals surface area contributed by atoms with Crippen LogP contribution in [0, 0.1) is 5.92 Å². The van der Waals surface area contributed by atoms with Crippen molar-refractivity contribution < 1.29 is 14.6 Å². The molecule has 152 valence electrons. The molecule has 6 heteroatoms. The fourth-order valence-electron chi connectivity index (χ4n) is 3.59. The Morgan fingerprint density at radius 1 is 1.22 bits per heavy atom. The van der Waals surface area contributed by atoms with Gasteiger partial charge in [-0.1, -0.05) is 6.07 Å². The summed E-state index contributed by atoms with van der Waals surface area (Å²) in [4.78, 5) is 6.98. The van der Waals surface area contributed by atoms with Gasteiger partial charge < -0.3 is 24.4 Å². The van der Waals surface area contributed by atoms with E-state index in [1.165, 1.54) is 12.8 Å². The number of hydrogen-bond acceptors (Lipinski definition) is 6. The van der Waals surface area contributed by atoms with Crippen LogP contribution in [0.5, 0.6) is 11.5 Å². The molecule has 0 bridgehead atoms. The number of aliphatic hydroxyl groups is 1. The molecule has 2 fully saturated rings. The number of likely N-dealkylation sites (N-methyl/N-ethyl adjacent to an activating group) is 1. The second kappa shape index (κ2) is 9.73. The molecule has 0 aromatic heterocycles. The van der Waals surface area contributed by atoms with Crippen molar-refractivity contribution in [3.05, 3.63) is 23.8 Å². The van der Waals surface area contributed by atoms with E-state index in [1.54, 1.807) is 7.11 Å². The minimum atomic E-state index is -0.489. The van der Waals surface area contributed by atoms with E-state index in [0.29, 0.717) is 13.2 Å². The third kappa shape index (κ3) is 6.64. The SMILES string of the molecule is COc1ccc(CN(C)CC2CC2)c(OCC(O)CN2CCN(C)CC2)c1. The quantitative estimate of drug-likeness (QED) is 0.667. The van der Waals surface area contributed by atoms with E-state index in [-0.39, 0.29) is 0 Å². The van der Waals surface area contributed by atoms with Crippen LogP contribution in [0.4, 0.5) is 0 Å². The number of piperazine rings is 1. The lowest BCUT2D eigenvalue weighted by atomic mass is 10.1. The van der Waals surface area contributed by atoms with E-state index in [1.807, 2.05) is 12.1 Å². The summed E-state index contributed by atoms with van der Waals surface area (Å²) in [5.41, 5.74) is 1.14. The molecule has 1 aromatic carbocycles. The minimum absolute atomic E-state index is 0.304. The Morgan fingerprint density at radius 3 is 2.63 bits per heavy atom. The first kappa shape index (κ1) is 20.4. The number of aliphatic hydroxyl groups excluding tert-OH is 1. The molecule has 1 aliphatic heterocycles. The van der Waals surface area contributed by atoms with Gasteiger partial charge in [-0.15, -0.1) is 0 Å². The number of rotatable bonds is 10. The highest BCUT2D eigenvalue weighted by molar-refractivity contribution is 5.40. The molecule has 0 amide bonds. The molecular formula is C21H35N3O3. The Bertz CT molecular complexity index is 586. The van der Waals surface area contributed by atoms with Gasteiger partial charge in [0.15, 0.2) is 0 Å². The van der Waals surface area contributed by atoms with E-state index in [0.717, 1.165) is 62.2 Å². The summed E-state index contributed by atoms with van der Waals surface area (Å²) in [5.74, 6) is 2.46. The lowest BCUT2D eigenvalue weighted by Gasteiger charge is -2.33. The molecule has 1 N–H and O–H groups in total. The molecule has 1 heterocycles. The van der Waals surface area contributed by atoms with Gasteiger partial charge in [-0.05, 0) is 38.9 Å². The lowest BCUT2D eigenvalue weighted by molar-refractivity contribution is 0.0500. The molecule has 1 saturated heterocycles. The van der Waals surface area contributed by atoms with Crippen LogP contribution in [0.15, 0.2) is 18.2 Å². The maximum absolute atomic E-state index is 10.4. The van der Waals surface area contributed by atoms with Crippen LogP contribution in [0.25, 0.3) is 0 Å². The zero-order chi connectivity index (χ0) is 19.2. The van der Waals surface area contributed by atoms with Crippen molar-refractivity contribution in [3.8, 4) is 11.5 Å². The predicted octanol–water partition coefficient (Wildman–Crippen LogP) is 1.52. The van der Waals surface area contributed by atoms with Crippen molar-refractivity contribution in [2.24, 2.45) is 5.92 Å². The Morgan fingerprint density at radius 2 is 1.96 bits per heavy atom. The molecule has 2 aliphatic rings. The maximum atomic E-state index is 10.4. The third-order valence-electron chi connectivity index (χ3n) is 5.48. The van der Waals surface area contributed by atoms with Crippen molar-refractivity contribution in [1.82, 2.24) is 14.7 Å². The topological polar surface area (TPSA) is 48.4 Å². The van der Waals surface area contributed by atoms with Crippen LogP contribution in [0.3, 0.4) is 0 Å². The van der Waals surface area contributed by atoms with E-state index in [2.05, 4.69) is 34.9 Å². The Labute approximate surface area is 163 Å². The standard InChI is InChI=1S/C21H35N3O3/c1-22-8-10-24(11-9-22)15-19(25)16-27-21-12-20(26-3)7-6-18(21)14-23(2)13-17-4-5-17/h6-7,12,17,19,25H,4-5,8-11,13-16H2,1-3H3. The average molecular weight is 378 g/mol. The van der Waals surface area contributed by atoms with Gasteiger partial charge in [-0.25, -0.2) is 0 Å². The first-order chi connectivity index (χ1) is 13.0. The van der Waals surface area contributed by atoms with Crippen LogP contribution >= 0.6 is 0 Å². The molecule has 1 saturated carbocycles. The van der Waals surface area contributed by atoms with Crippen LogP contribution in [-0.4, -0.2) is 93.0 Å². The van der Waals surface area contributed by atoms with Crippen LogP contribution in [0.1, 0.15) is 18.4 Å². The molecule has 1 unspecified atom stereocenters. The Hall–Kier alpha value is -1.34. The molecule has 1 atom stereocenters. The van der Waals surface area contributed by atoms with Crippen molar-refractivity contribution in [1.29, 1.82) is 0 Å². The third-order valence-corrected chi connectivity index (χ3v) is 5.48. The minimum Gasteiger partial charge on any atom is -0.497 e. The van der Waals surface area contributed by atoms with E-state index >= 15 is 0 Å². The van der Waals surface area contributed by atoms with Gasteiger partial charge in [-0.2, -0.15) is 0 Å². The van der Waals surface area contributed by atoms with Gasteiger partial charge in [-0.3, -0.25) is 4.90 Å². The van der Waals surface area contributed by atoms with Gasteiger partial charge in [0.25, 0.3) is 0 Å². The smallest absolute Gasteiger partial charge is 0.127 e. The molecule has 0 radical (unpaired) electrons. The fourth-order valence-corrected chi connectivity index (χ4v) is 3.59. The molecular weight excluding hydrogens is 342 g/mol. The lowest BCUT2D eigenvalue weighted by Crippen LogP contribution is -2.47. The van der Waals surface area contributed by atoms with E-state index < -0.39 is 6.10 Å². The summed E-state index contributed by atoms with van der Waals surface area (Å²) < 4.78 is 11.4. The van der Waals surface area contributed by atoms with E-state index in [9.17, 15) is 5.11 Å². The van der Waals surface area contributed by atoms with Crippen LogP contribution in [-0.2, 0) is 6.54 Å². The summed E-state index contributed by atoms with van der Waals surface area (Å²) in [6, 6.07) is 5.99. The van der Waals surface area contributed by atoms with Gasteiger partial charge in [0.05, 0.1) is 7.11 Å². The van der Waals surface area contributed by atoms with E-state index in [4.69, 9.17) is 9.47 Å². The summed E-state index contributed by atoms with van der Waals surface area (Å²) >= 11 is 0. The molecule has 0 spiro atoms. The number of β-amino-alcohol motifs (C(OH)–C–C–N with tert-alkyl or cyclic N) is 1. The highest BCUT2D eigenvalue weighted by Crippen LogP contribution is 2.31. The second-order valence-electron chi connectivity index (χ2n) is 8.18. The first-order valence-electron chi connectivity index (χ1n) is 10.1. The number of hydrogen-bond donors (Lipinski definition) is 1. The zero-order valence-electron chi connectivity index (χ0n) is 17.1. The average Bonchev–Trinajstić information content (AvgIpc) is 3.46. The summed E-state index contributed by atoms with van der Waals surface area (Å²) in [5, 5.41) is 10.4. The Kier molecular flexibility index (Phi) is 7.35. The monoisotopic (exact) mass is 377 g/mol. The summed E-state index contributed by atoms with van der Waals surface area (Å²) in [7, 11) is 5.97. The van der Waals surface area contributed by atoms with Gasteiger partial charge in [0, 0.05) is 57.4 Å². The number of benzene rings is 1. The van der Waals surface area contributed by atoms with Gasteiger partial charge >= 0.3 is 0 Å². The first-order valence-corrected chi connectivity index (χ1v) is 10.1. The number of methoxy groups -OCH3 is 1. The molecule has 1 aliphatic carbocycles. The largest absolute Gasteiger partial charge is 0.497 e. The molecule has 6 nitrogen and oxygen atoms in total. The van der Waals surface area contributed by atoms with Crippen molar-refractivity contribution in [2.75, 3.05) is 67.1 Å². The van der Waals surface area contributed by atoms with Crippen molar-refractivity contribution in [2.45, 2.75) is 25.5 Å². The van der Waals surface area contributed by atoms with Crippen LogP contribution in [0.2, 0.25) is 0 Å². The second-order valence-corrected chi connectivity index (χ2v) is 8.18. The van der Waals surface area contributed by atoms with Gasteiger partial charge in [0.1, 0.15) is 24.2 Å². The zero-order valence-corrected chi connectivity index (χ0v) is 17.1. The Balaban J connectivity index is 1.53. The highest BCUT2D eigenvalue weighted by Gasteiger charge is 2.23. The number of nitrogens with zero attached hydrogens (tertiary/aromatic N) is 3. The summed E-state index contributed by atoms with van der Waals surface area (Å²) in [6.07, 6.45) is 2.22. The predicted molar refractivity (Wildman–Crippen MR) is 107 cm³/mol. The molecule has 3 rings (SSSR count).